The van der Waals surface area contributed by atoms with Gasteiger partial charge in [0.1, 0.15) is 5.38 Å². The Morgan fingerprint density at radius 3 is 2.67 bits per heavy atom. The molecule has 0 aliphatic carbocycles. The molecule has 0 fully saturated rings. The molecule has 1 atom stereocenters. The summed E-state index contributed by atoms with van der Waals surface area (Å²) < 4.78 is 0. The number of aliphatic carboxylic acids is 1. The Kier molecular flexibility index (Phi) is 6.61. The summed E-state index contributed by atoms with van der Waals surface area (Å²) in [5.74, 6) is 0.461. The molecular weight excluding hydrogens is 198 g/mol. The summed E-state index contributed by atoms with van der Waals surface area (Å²) in [6.45, 7) is 0.952. The van der Waals surface area contributed by atoms with Crippen LogP contribution in [0.15, 0.2) is 0 Å². The molecule has 0 aromatic carbocycles. The van der Waals surface area contributed by atoms with Crippen molar-refractivity contribution in [2.45, 2.75) is 5.38 Å². The average Bonchev–Trinajstić information content (AvgIpc) is 1.97. The van der Waals surface area contributed by atoms with E-state index in [0.717, 1.165) is 12.3 Å². The van der Waals surface area contributed by atoms with Gasteiger partial charge < -0.3 is 10.0 Å². The zero-order valence-corrected chi connectivity index (χ0v) is 8.86. The van der Waals surface area contributed by atoms with Gasteiger partial charge in [0, 0.05) is 18.1 Å². The molecule has 0 heterocycles. The van der Waals surface area contributed by atoms with Crippen molar-refractivity contribution in [1.82, 2.24) is 4.90 Å². The van der Waals surface area contributed by atoms with E-state index in [-0.39, 0.29) is 0 Å². The molecule has 0 aliphatic rings. The molecule has 0 bridgehead atoms. The first kappa shape index (κ1) is 12.1. The number of carbonyl (C=O) groups is 1. The third-order valence-electron chi connectivity index (χ3n) is 1.21. The zero-order chi connectivity index (χ0) is 9.56. The minimum absolute atomic E-state index is 0.477. The van der Waals surface area contributed by atoms with Gasteiger partial charge in [0.05, 0.1) is 0 Å². The van der Waals surface area contributed by atoms with Crippen molar-refractivity contribution in [3.63, 3.8) is 0 Å². The normalized spacial score (nSPS) is 13.3. The molecule has 0 rings (SSSR count). The molecule has 0 amide bonds. The Morgan fingerprint density at radius 2 is 2.25 bits per heavy atom. The fraction of sp³-hybridized carbons (Fsp3) is 0.857. The second-order valence-corrected chi connectivity index (χ2v) is 4.36. The Balaban J connectivity index is 3.25. The Morgan fingerprint density at radius 1 is 1.67 bits per heavy atom. The van der Waals surface area contributed by atoms with E-state index in [1.54, 1.807) is 11.8 Å². The number of carboxylic acids is 1. The number of thioether (sulfide) groups is 1. The van der Waals surface area contributed by atoms with Crippen LogP contribution < -0.4 is 0 Å². The van der Waals surface area contributed by atoms with Gasteiger partial charge in [0.2, 0.25) is 0 Å². The summed E-state index contributed by atoms with van der Waals surface area (Å²) in [6.07, 6.45) is 0. The van der Waals surface area contributed by atoms with E-state index < -0.39 is 11.3 Å². The molecule has 72 valence electrons. The van der Waals surface area contributed by atoms with Crippen LogP contribution in [-0.2, 0) is 4.79 Å². The van der Waals surface area contributed by atoms with Crippen LogP contribution in [0.2, 0.25) is 0 Å². The summed E-state index contributed by atoms with van der Waals surface area (Å²) in [6, 6.07) is 0. The predicted molar refractivity (Wildman–Crippen MR) is 53.2 cm³/mol. The first-order valence-electron chi connectivity index (χ1n) is 3.63. The van der Waals surface area contributed by atoms with Crippen LogP contribution in [-0.4, -0.2) is 53.5 Å². The maximum atomic E-state index is 10.3. The van der Waals surface area contributed by atoms with Gasteiger partial charge in [-0.1, -0.05) is 0 Å². The monoisotopic (exact) mass is 211 g/mol. The Hall–Kier alpha value is 0.0700. The quantitative estimate of drug-likeness (QED) is 0.525. The summed E-state index contributed by atoms with van der Waals surface area (Å²) >= 11 is 7.06. The lowest BCUT2D eigenvalue weighted by molar-refractivity contribution is -0.136. The predicted octanol–water partition coefficient (Wildman–Crippen LogP) is 0.973. The van der Waals surface area contributed by atoms with Gasteiger partial charge in [-0.15, -0.1) is 11.6 Å². The number of carboxylic acid groups (broad SMARTS) is 1. The standard InChI is InChI=1S/C7H14ClNO2S/c1-9(2)3-4-12-5-6(8)7(10)11/h6H,3-5H2,1-2H3,(H,10,11). The van der Waals surface area contributed by atoms with E-state index in [1.807, 2.05) is 14.1 Å². The smallest absolute Gasteiger partial charge is 0.322 e. The lowest BCUT2D eigenvalue weighted by Crippen LogP contribution is -2.19. The van der Waals surface area contributed by atoms with Crippen molar-refractivity contribution >= 4 is 29.3 Å². The van der Waals surface area contributed by atoms with Crippen LogP contribution in [0.5, 0.6) is 0 Å². The minimum Gasteiger partial charge on any atom is -0.480 e. The van der Waals surface area contributed by atoms with Crippen LogP contribution in [0.25, 0.3) is 0 Å². The van der Waals surface area contributed by atoms with Gasteiger partial charge in [-0.05, 0) is 14.1 Å². The maximum Gasteiger partial charge on any atom is 0.322 e. The Labute approximate surface area is 82.1 Å². The first-order chi connectivity index (χ1) is 5.54. The molecule has 3 nitrogen and oxygen atoms in total. The maximum absolute atomic E-state index is 10.3. The SMILES string of the molecule is CN(C)CCSCC(Cl)C(=O)O. The van der Waals surface area contributed by atoms with Crippen LogP contribution in [0, 0.1) is 0 Å². The average molecular weight is 212 g/mol. The first-order valence-corrected chi connectivity index (χ1v) is 5.22. The van der Waals surface area contributed by atoms with Gasteiger partial charge in [-0.3, -0.25) is 4.79 Å². The number of hydrogen-bond acceptors (Lipinski definition) is 3. The fourth-order valence-electron chi connectivity index (χ4n) is 0.505. The highest BCUT2D eigenvalue weighted by Gasteiger charge is 2.12. The number of rotatable bonds is 6. The summed E-state index contributed by atoms with van der Waals surface area (Å²) in [5, 5.41) is 7.68. The molecule has 0 saturated carbocycles. The van der Waals surface area contributed by atoms with Crippen LogP contribution >= 0.6 is 23.4 Å². The molecule has 0 radical (unpaired) electrons. The van der Waals surface area contributed by atoms with Crippen molar-refractivity contribution in [1.29, 1.82) is 0 Å². The molecule has 12 heavy (non-hydrogen) atoms. The molecule has 0 saturated heterocycles. The van der Waals surface area contributed by atoms with Gasteiger partial charge >= 0.3 is 5.97 Å². The molecule has 0 aliphatic heterocycles. The molecule has 1 unspecified atom stereocenters. The highest BCUT2D eigenvalue weighted by Crippen LogP contribution is 2.07. The summed E-state index contributed by atoms with van der Waals surface area (Å²) in [5.41, 5.74) is 0. The van der Waals surface area contributed by atoms with Crippen molar-refractivity contribution in [2.24, 2.45) is 0 Å². The van der Waals surface area contributed by atoms with Crippen molar-refractivity contribution < 1.29 is 9.90 Å². The summed E-state index contributed by atoms with van der Waals surface area (Å²) in [7, 11) is 3.96. The second-order valence-electron chi connectivity index (χ2n) is 2.68. The van der Waals surface area contributed by atoms with Crippen molar-refractivity contribution in [2.75, 3.05) is 32.1 Å². The molecule has 0 spiro atoms. The largest absolute Gasteiger partial charge is 0.480 e. The van der Waals surface area contributed by atoms with Crippen molar-refractivity contribution in [3.05, 3.63) is 0 Å². The van der Waals surface area contributed by atoms with E-state index in [9.17, 15) is 4.79 Å². The zero-order valence-electron chi connectivity index (χ0n) is 7.29. The minimum atomic E-state index is -0.936. The van der Waals surface area contributed by atoms with Gasteiger partial charge in [-0.2, -0.15) is 11.8 Å². The highest BCUT2D eigenvalue weighted by molar-refractivity contribution is 7.99. The number of halogens is 1. The molecule has 0 aromatic heterocycles. The molecule has 0 aromatic rings. The third-order valence-corrected chi connectivity index (χ3v) is 2.78. The molecule has 1 N–H and O–H groups in total. The topological polar surface area (TPSA) is 40.5 Å². The molecule has 5 heteroatoms. The van der Waals surface area contributed by atoms with E-state index in [2.05, 4.69) is 4.90 Å². The fourth-order valence-corrected chi connectivity index (χ4v) is 1.78. The van der Waals surface area contributed by atoms with Gasteiger partial charge in [0.25, 0.3) is 0 Å². The van der Waals surface area contributed by atoms with E-state index in [4.69, 9.17) is 16.7 Å². The van der Waals surface area contributed by atoms with E-state index in [1.165, 1.54) is 0 Å². The van der Waals surface area contributed by atoms with Crippen LogP contribution in [0.1, 0.15) is 0 Å². The number of nitrogens with zero attached hydrogens (tertiary/aromatic N) is 1. The lowest BCUT2D eigenvalue weighted by Gasteiger charge is -2.09. The van der Waals surface area contributed by atoms with Gasteiger partial charge in [-0.25, -0.2) is 0 Å². The Bertz CT molecular complexity index is 143. The van der Waals surface area contributed by atoms with E-state index in [0.29, 0.717) is 5.75 Å². The van der Waals surface area contributed by atoms with Crippen molar-refractivity contribution in [3.8, 4) is 0 Å². The number of alkyl halides is 1. The summed E-state index contributed by atoms with van der Waals surface area (Å²) in [4.78, 5) is 12.3. The van der Waals surface area contributed by atoms with E-state index >= 15 is 0 Å². The third kappa shape index (κ3) is 6.76. The second kappa shape index (κ2) is 6.57. The molecular formula is C7H14ClNO2S. The lowest BCUT2D eigenvalue weighted by atomic mass is 10.5. The number of hydrogen-bond donors (Lipinski definition) is 1. The van der Waals surface area contributed by atoms with Crippen LogP contribution in [0.3, 0.4) is 0 Å². The van der Waals surface area contributed by atoms with Gasteiger partial charge in [0.15, 0.2) is 0 Å². The highest BCUT2D eigenvalue weighted by atomic mass is 35.5. The van der Waals surface area contributed by atoms with Crippen LogP contribution in [0.4, 0.5) is 0 Å².